The highest BCUT2D eigenvalue weighted by atomic mass is 35.5. The van der Waals surface area contributed by atoms with Crippen molar-refractivity contribution in [2.24, 2.45) is 0 Å². The molecule has 0 saturated heterocycles. The first-order valence-electron chi connectivity index (χ1n) is 6.58. The zero-order valence-electron chi connectivity index (χ0n) is 12.8. The molecule has 0 aliphatic heterocycles. The van der Waals surface area contributed by atoms with Crippen molar-refractivity contribution in [3.8, 4) is 5.75 Å². The molecule has 0 spiro atoms. The highest BCUT2D eigenvalue weighted by Crippen LogP contribution is 2.19. The zero-order valence-corrected chi connectivity index (χ0v) is 15.2. The van der Waals surface area contributed by atoms with E-state index in [0.717, 1.165) is 7.05 Å². The zero-order chi connectivity index (χ0) is 18.0. The summed E-state index contributed by atoms with van der Waals surface area (Å²) < 4.78 is 54.9. The van der Waals surface area contributed by atoms with Gasteiger partial charge in [-0.25, -0.2) is 16.8 Å². The highest BCUT2D eigenvalue weighted by Gasteiger charge is 2.26. The van der Waals surface area contributed by atoms with Crippen molar-refractivity contribution < 1.29 is 21.6 Å². The minimum atomic E-state index is -4.07. The topological polar surface area (TPSA) is 92.8 Å². The molecule has 0 fully saturated rings. The predicted octanol–water partition coefficient (Wildman–Crippen LogP) is 1.86. The Kier molecular flexibility index (Phi) is 5.51. The molecule has 1 N–H and O–H groups in total. The van der Waals surface area contributed by atoms with Gasteiger partial charge in [0.05, 0.1) is 16.9 Å². The smallest absolute Gasteiger partial charge is 0.256 e. The van der Waals surface area contributed by atoms with Gasteiger partial charge in [0.2, 0.25) is 0 Å². The number of sulfonamides is 2. The molecule has 24 heavy (non-hydrogen) atoms. The van der Waals surface area contributed by atoms with E-state index < -0.39 is 20.0 Å². The lowest BCUT2D eigenvalue weighted by Gasteiger charge is -2.18. The number of nitrogens with one attached hydrogen (secondary N) is 1. The minimum absolute atomic E-state index is 0.0791. The van der Waals surface area contributed by atoms with Gasteiger partial charge in [-0.1, -0.05) is 11.6 Å². The van der Waals surface area contributed by atoms with Crippen molar-refractivity contribution in [1.82, 2.24) is 9.25 Å². The van der Waals surface area contributed by atoms with E-state index in [1.807, 2.05) is 4.83 Å². The van der Waals surface area contributed by atoms with Gasteiger partial charge in [0.1, 0.15) is 5.75 Å². The van der Waals surface area contributed by atoms with Crippen LogP contribution in [-0.2, 0) is 20.0 Å². The Morgan fingerprint density at radius 1 is 0.917 bits per heavy atom. The van der Waals surface area contributed by atoms with E-state index in [4.69, 9.17) is 16.3 Å². The summed E-state index contributed by atoms with van der Waals surface area (Å²) in [6, 6.07) is 10.9. The third-order valence-corrected chi connectivity index (χ3v) is 6.55. The first-order chi connectivity index (χ1) is 11.2. The number of halogens is 1. The Hall–Kier alpha value is -1.65. The summed E-state index contributed by atoms with van der Waals surface area (Å²) in [7, 11) is -5.56. The van der Waals surface area contributed by atoms with Gasteiger partial charge in [0, 0.05) is 12.1 Å². The summed E-state index contributed by atoms with van der Waals surface area (Å²) in [5, 5.41) is 0.369. The Labute approximate surface area is 145 Å². The van der Waals surface area contributed by atoms with Crippen molar-refractivity contribution in [1.29, 1.82) is 0 Å². The van der Waals surface area contributed by atoms with E-state index in [0.29, 0.717) is 15.2 Å². The Morgan fingerprint density at radius 2 is 1.42 bits per heavy atom. The maximum atomic E-state index is 12.4. The van der Waals surface area contributed by atoms with E-state index in [9.17, 15) is 16.8 Å². The number of benzene rings is 2. The third-order valence-electron chi connectivity index (χ3n) is 3.09. The lowest BCUT2D eigenvalue weighted by Crippen LogP contribution is -2.43. The molecule has 0 unspecified atom stereocenters. The average Bonchev–Trinajstić information content (AvgIpc) is 2.54. The fraction of sp³-hybridized carbons (Fsp3) is 0.143. The SMILES string of the molecule is COc1ccc(S(=O)(=O)N(C)NS(=O)(=O)c2ccc(Cl)cc2)cc1. The van der Waals surface area contributed by atoms with Crippen LogP contribution in [-0.4, -0.2) is 35.4 Å². The molecule has 2 aromatic carbocycles. The van der Waals surface area contributed by atoms with Crippen LogP contribution in [0.3, 0.4) is 0 Å². The van der Waals surface area contributed by atoms with Crippen molar-refractivity contribution in [2.75, 3.05) is 14.2 Å². The normalized spacial score (nSPS) is 12.3. The second-order valence-electron chi connectivity index (χ2n) is 4.70. The summed E-state index contributed by atoms with van der Waals surface area (Å²) in [4.78, 5) is 1.82. The second kappa shape index (κ2) is 7.08. The van der Waals surface area contributed by atoms with Crippen molar-refractivity contribution in [2.45, 2.75) is 9.79 Å². The molecular formula is C14H15ClN2O5S2. The van der Waals surface area contributed by atoms with Crippen LogP contribution in [0.15, 0.2) is 58.3 Å². The van der Waals surface area contributed by atoms with Gasteiger partial charge in [-0.15, -0.1) is 9.25 Å². The van der Waals surface area contributed by atoms with Gasteiger partial charge >= 0.3 is 0 Å². The molecule has 0 bridgehead atoms. The molecule has 2 aromatic rings. The fourth-order valence-electron chi connectivity index (χ4n) is 1.79. The molecule has 130 valence electrons. The number of methoxy groups -OCH3 is 1. The molecule has 0 heterocycles. The van der Waals surface area contributed by atoms with Gasteiger partial charge in [0.25, 0.3) is 20.0 Å². The van der Waals surface area contributed by atoms with Gasteiger partial charge < -0.3 is 4.74 Å². The van der Waals surface area contributed by atoms with Gasteiger partial charge in [-0.3, -0.25) is 0 Å². The van der Waals surface area contributed by atoms with E-state index >= 15 is 0 Å². The highest BCUT2D eigenvalue weighted by molar-refractivity contribution is 7.92. The summed E-state index contributed by atoms with van der Waals surface area (Å²) in [6.45, 7) is 0. The number of ether oxygens (including phenoxy) is 1. The van der Waals surface area contributed by atoms with Gasteiger partial charge in [-0.05, 0) is 48.5 Å². The van der Waals surface area contributed by atoms with E-state index in [1.54, 1.807) is 0 Å². The minimum Gasteiger partial charge on any atom is -0.497 e. The van der Waals surface area contributed by atoms with E-state index in [2.05, 4.69) is 0 Å². The summed E-state index contributed by atoms with van der Waals surface area (Å²) in [5.74, 6) is 0.485. The molecule has 7 nitrogen and oxygen atoms in total. The lowest BCUT2D eigenvalue weighted by molar-refractivity contribution is 0.413. The molecule has 2 rings (SSSR count). The second-order valence-corrected chi connectivity index (χ2v) is 8.76. The maximum Gasteiger partial charge on any atom is 0.256 e. The molecule has 0 aromatic heterocycles. The summed E-state index contributed by atoms with van der Waals surface area (Å²) in [6.07, 6.45) is 0. The van der Waals surface area contributed by atoms with Gasteiger partial charge in [-0.2, -0.15) is 0 Å². The molecule has 0 amide bonds. The average molecular weight is 391 g/mol. The van der Waals surface area contributed by atoms with Crippen LogP contribution < -0.4 is 9.57 Å². The Bertz CT molecular complexity index is 911. The summed E-state index contributed by atoms with van der Waals surface area (Å²) in [5.41, 5.74) is 0. The number of hydrogen-bond acceptors (Lipinski definition) is 5. The maximum absolute atomic E-state index is 12.4. The number of nitrogens with zero attached hydrogens (tertiary/aromatic N) is 1. The lowest BCUT2D eigenvalue weighted by atomic mass is 10.3. The van der Waals surface area contributed by atoms with Crippen molar-refractivity contribution in [3.05, 3.63) is 53.6 Å². The molecule has 0 radical (unpaired) electrons. The van der Waals surface area contributed by atoms with Gasteiger partial charge in [0.15, 0.2) is 0 Å². The van der Waals surface area contributed by atoms with E-state index in [1.165, 1.54) is 55.6 Å². The standard InChI is InChI=1S/C14H15ClN2O5S2/c1-17(16-23(18,19)13-7-3-11(15)4-8-13)24(20,21)14-9-5-12(22-2)6-10-14/h3-10,16H,1-2H3. The number of rotatable bonds is 6. The molecule has 0 saturated carbocycles. The molecule has 0 aliphatic rings. The van der Waals surface area contributed by atoms with Crippen molar-refractivity contribution >= 4 is 31.6 Å². The van der Waals surface area contributed by atoms with Crippen LogP contribution in [0.2, 0.25) is 5.02 Å². The van der Waals surface area contributed by atoms with Crippen LogP contribution in [0.25, 0.3) is 0 Å². The van der Waals surface area contributed by atoms with Crippen molar-refractivity contribution in [3.63, 3.8) is 0 Å². The predicted molar refractivity (Wildman–Crippen MR) is 89.7 cm³/mol. The van der Waals surface area contributed by atoms with Crippen LogP contribution in [0.5, 0.6) is 5.75 Å². The third kappa shape index (κ3) is 4.05. The first-order valence-corrected chi connectivity index (χ1v) is 9.88. The van der Waals surface area contributed by atoms with Crippen LogP contribution in [0.4, 0.5) is 0 Å². The van der Waals surface area contributed by atoms with E-state index in [-0.39, 0.29) is 9.79 Å². The molecule has 10 heteroatoms. The largest absolute Gasteiger partial charge is 0.497 e. The van der Waals surface area contributed by atoms with Crippen LogP contribution >= 0.6 is 11.6 Å². The number of hydrogen-bond donors (Lipinski definition) is 1. The quantitative estimate of drug-likeness (QED) is 0.760. The monoisotopic (exact) mass is 390 g/mol. The van der Waals surface area contributed by atoms with Crippen LogP contribution in [0.1, 0.15) is 0 Å². The Morgan fingerprint density at radius 3 is 1.92 bits per heavy atom. The summed E-state index contributed by atoms with van der Waals surface area (Å²) >= 11 is 5.71. The molecule has 0 aliphatic carbocycles. The molecular weight excluding hydrogens is 376 g/mol. The first kappa shape index (κ1) is 18.7. The number of hydrazine groups is 1. The fourth-order valence-corrected chi connectivity index (χ4v) is 4.34. The Balaban J connectivity index is 2.26. The molecule has 0 atom stereocenters. The van der Waals surface area contributed by atoms with Crippen LogP contribution in [0, 0.1) is 0 Å².